The van der Waals surface area contributed by atoms with Gasteiger partial charge in [-0.05, 0) is 36.6 Å². The summed E-state index contributed by atoms with van der Waals surface area (Å²) in [4.78, 5) is 14.0. The summed E-state index contributed by atoms with van der Waals surface area (Å²) in [6.07, 6.45) is 1.21. The zero-order chi connectivity index (χ0) is 15.1. The van der Waals surface area contributed by atoms with Crippen LogP contribution in [0.5, 0.6) is 0 Å². The minimum atomic E-state index is -0.264. The summed E-state index contributed by atoms with van der Waals surface area (Å²) in [5.74, 6) is -0.161. The molecule has 0 saturated heterocycles. The van der Waals surface area contributed by atoms with Crippen molar-refractivity contribution >= 4 is 5.91 Å². The molecular weight excluding hydrogens is 265 g/mol. The average Bonchev–Trinajstić information content (AvgIpc) is 2.51. The van der Waals surface area contributed by atoms with Gasteiger partial charge in [-0.2, -0.15) is 0 Å². The molecule has 0 heterocycles. The van der Waals surface area contributed by atoms with E-state index in [1.54, 1.807) is 11.0 Å². The van der Waals surface area contributed by atoms with Crippen molar-refractivity contribution in [2.75, 3.05) is 6.54 Å². The second-order valence-electron chi connectivity index (χ2n) is 5.02. The van der Waals surface area contributed by atoms with Crippen LogP contribution in [0.2, 0.25) is 0 Å². The highest BCUT2D eigenvalue weighted by molar-refractivity contribution is 5.76. The van der Waals surface area contributed by atoms with Gasteiger partial charge in [-0.3, -0.25) is 4.79 Å². The largest absolute Gasteiger partial charge is 0.339 e. The number of carbonyl (C=O) groups is 1. The molecule has 110 valence electrons. The quantitative estimate of drug-likeness (QED) is 0.790. The molecule has 0 saturated carbocycles. The fourth-order valence-electron chi connectivity index (χ4n) is 2.29. The molecule has 1 amide bonds. The SMILES string of the molecule is CCN(Cc1cccc(F)c1)C(=O)CCc1ccccc1. The van der Waals surface area contributed by atoms with Crippen molar-refractivity contribution in [2.24, 2.45) is 0 Å². The van der Waals surface area contributed by atoms with Gasteiger partial charge in [-0.15, -0.1) is 0 Å². The third-order valence-electron chi connectivity index (χ3n) is 3.47. The lowest BCUT2D eigenvalue weighted by Crippen LogP contribution is -2.30. The van der Waals surface area contributed by atoms with E-state index >= 15 is 0 Å². The summed E-state index contributed by atoms with van der Waals surface area (Å²) in [7, 11) is 0. The van der Waals surface area contributed by atoms with Crippen molar-refractivity contribution in [2.45, 2.75) is 26.3 Å². The third-order valence-corrected chi connectivity index (χ3v) is 3.47. The van der Waals surface area contributed by atoms with Crippen LogP contribution in [-0.2, 0) is 17.8 Å². The number of nitrogens with zero attached hydrogens (tertiary/aromatic N) is 1. The first-order chi connectivity index (χ1) is 10.2. The predicted octanol–water partition coefficient (Wildman–Crippen LogP) is 3.81. The Morgan fingerprint density at radius 2 is 1.76 bits per heavy atom. The van der Waals surface area contributed by atoms with Crippen LogP contribution in [0.25, 0.3) is 0 Å². The van der Waals surface area contributed by atoms with Crippen molar-refractivity contribution < 1.29 is 9.18 Å². The predicted molar refractivity (Wildman–Crippen MR) is 82.3 cm³/mol. The lowest BCUT2D eigenvalue weighted by molar-refractivity contribution is -0.131. The normalized spacial score (nSPS) is 10.4. The smallest absolute Gasteiger partial charge is 0.223 e. The monoisotopic (exact) mass is 285 g/mol. The van der Waals surface area contributed by atoms with Gasteiger partial charge in [-0.1, -0.05) is 42.5 Å². The zero-order valence-corrected chi connectivity index (χ0v) is 12.3. The number of benzene rings is 2. The molecular formula is C18H20FNO. The molecule has 0 aliphatic carbocycles. The molecule has 0 bridgehead atoms. The first kappa shape index (κ1) is 15.2. The molecule has 0 aliphatic heterocycles. The number of halogens is 1. The van der Waals surface area contributed by atoms with Gasteiger partial charge in [0.05, 0.1) is 0 Å². The van der Waals surface area contributed by atoms with E-state index in [9.17, 15) is 9.18 Å². The maximum absolute atomic E-state index is 13.2. The molecule has 21 heavy (non-hydrogen) atoms. The van der Waals surface area contributed by atoms with E-state index in [2.05, 4.69) is 0 Å². The topological polar surface area (TPSA) is 20.3 Å². The molecule has 0 aliphatic rings. The Morgan fingerprint density at radius 1 is 1.05 bits per heavy atom. The van der Waals surface area contributed by atoms with Gasteiger partial charge in [0.2, 0.25) is 5.91 Å². The Hall–Kier alpha value is -2.16. The maximum atomic E-state index is 13.2. The summed E-state index contributed by atoms with van der Waals surface area (Å²) >= 11 is 0. The van der Waals surface area contributed by atoms with E-state index in [0.717, 1.165) is 17.5 Å². The van der Waals surface area contributed by atoms with Gasteiger partial charge in [-0.25, -0.2) is 4.39 Å². The minimum Gasteiger partial charge on any atom is -0.339 e. The van der Waals surface area contributed by atoms with Gasteiger partial charge in [0, 0.05) is 19.5 Å². The number of rotatable bonds is 6. The number of amides is 1. The first-order valence-electron chi connectivity index (χ1n) is 7.25. The van der Waals surface area contributed by atoms with Crippen LogP contribution in [-0.4, -0.2) is 17.4 Å². The van der Waals surface area contributed by atoms with Crippen LogP contribution >= 0.6 is 0 Å². The van der Waals surface area contributed by atoms with Crippen molar-refractivity contribution in [3.8, 4) is 0 Å². The van der Waals surface area contributed by atoms with Gasteiger partial charge in [0.1, 0.15) is 5.82 Å². The average molecular weight is 285 g/mol. The van der Waals surface area contributed by atoms with Gasteiger partial charge in [0.25, 0.3) is 0 Å². The van der Waals surface area contributed by atoms with E-state index in [1.165, 1.54) is 12.1 Å². The van der Waals surface area contributed by atoms with Crippen molar-refractivity contribution in [3.05, 3.63) is 71.5 Å². The maximum Gasteiger partial charge on any atom is 0.223 e. The summed E-state index contributed by atoms with van der Waals surface area (Å²) in [5.41, 5.74) is 1.98. The van der Waals surface area contributed by atoms with E-state index in [1.807, 2.05) is 43.3 Å². The minimum absolute atomic E-state index is 0.102. The second kappa shape index (κ2) is 7.58. The van der Waals surface area contributed by atoms with E-state index in [-0.39, 0.29) is 11.7 Å². The fourth-order valence-corrected chi connectivity index (χ4v) is 2.29. The van der Waals surface area contributed by atoms with Crippen LogP contribution in [0.4, 0.5) is 4.39 Å². The Labute approximate surface area is 125 Å². The zero-order valence-electron chi connectivity index (χ0n) is 12.3. The van der Waals surface area contributed by atoms with E-state index in [4.69, 9.17) is 0 Å². The molecule has 0 spiro atoms. The standard InChI is InChI=1S/C18H20FNO/c1-2-20(14-16-9-6-10-17(19)13-16)18(21)12-11-15-7-4-3-5-8-15/h3-10,13H,2,11-12,14H2,1H3. The molecule has 2 aromatic rings. The van der Waals surface area contributed by atoms with Gasteiger partial charge < -0.3 is 4.90 Å². The van der Waals surface area contributed by atoms with Crippen molar-refractivity contribution in [1.29, 1.82) is 0 Å². The second-order valence-corrected chi connectivity index (χ2v) is 5.02. The highest BCUT2D eigenvalue weighted by atomic mass is 19.1. The Bertz CT molecular complexity index is 583. The van der Waals surface area contributed by atoms with Crippen LogP contribution in [0, 0.1) is 5.82 Å². The number of carbonyl (C=O) groups excluding carboxylic acids is 1. The fraction of sp³-hybridized carbons (Fsp3) is 0.278. The van der Waals surface area contributed by atoms with Crippen LogP contribution in [0.3, 0.4) is 0 Å². The van der Waals surface area contributed by atoms with Crippen molar-refractivity contribution in [1.82, 2.24) is 4.90 Å². The number of aryl methyl sites for hydroxylation is 1. The number of hydrogen-bond acceptors (Lipinski definition) is 1. The summed E-state index contributed by atoms with van der Waals surface area (Å²) < 4.78 is 13.2. The van der Waals surface area contributed by atoms with Crippen LogP contribution in [0.1, 0.15) is 24.5 Å². The molecule has 2 aromatic carbocycles. The summed E-state index contributed by atoms with van der Waals surface area (Å²) in [6.45, 7) is 3.03. The molecule has 0 unspecified atom stereocenters. The lowest BCUT2D eigenvalue weighted by atomic mass is 10.1. The van der Waals surface area contributed by atoms with E-state index in [0.29, 0.717) is 19.5 Å². The van der Waals surface area contributed by atoms with E-state index < -0.39 is 0 Å². The summed E-state index contributed by atoms with van der Waals surface area (Å²) in [6, 6.07) is 16.4. The van der Waals surface area contributed by atoms with Crippen LogP contribution < -0.4 is 0 Å². The molecule has 0 fully saturated rings. The van der Waals surface area contributed by atoms with Crippen molar-refractivity contribution in [3.63, 3.8) is 0 Å². The molecule has 0 aromatic heterocycles. The first-order valence-corrected chi connectivity index (χ1v) is 7.25. The Kier molecular flexibility index (Phi) is 5.50. The van der Waals surface area contributed by atoms with Gasteiger partial charge in [0.15, 0.2) is 0 Å². The molecule has 3 heteroatoms. The molecule has 0 N–H and O–H groups in total. The molecule has 0 atom stereocenters. The Morgan fingerprint density at radius 3 is 2.43 bits per heavy atom. The molecule has 2 rings (SSSR count). The third kappa shape index (κ3) is 4.71. The highest BCUT2D eigenvalue weighted by Gasteiger charge is 2.12. The molecule has 0 radical (unpaired) electrons. The lowest BCUT2D eigenvalue weighted by Gasteiger charge is -2.21. The number of hydrogen-bond donors (Lipinski definition) is 0. The van der Waals surface area contributed by atoms with Gasteiger partial charge >= 0.3 is 0 Å². The Balaban J connectivity index is 1.92. The summed E-state index contributed by atoms with van der Waals surface area (Å²) in [5, 5.41) is 0. The highest BCUT2D eigenvalue weighted by Crippen LogP contribution is 2.10. The molecule has 2 nitrogen and oxygen atoms in total. The van der Waals surface area contributed by atoms with Crippen LogP contribution in [0.15, 0.2) is 54.6 Å².